The van der Waals surface area contributed by atoms with E-state index in [4.69, 9.17) is 16.3 Å². The Labute approximate surface area is 149 Å². The van der Waals surface area contributed by atoms with Crippen LogP contribution in [-0.2, 0) is 0 Å². The first-order valence-corrected chi connectivity index (χ1v) is 7.88. The number of rotatable bonds is 4. The van der Waals surface area contributed by atoms with Crippen molar-refractivity contribution in [1.82, 2.24) is 0 Å². The maximum Gasteiger partial charge on any atom is 0.323 e. The number of hydrogen-bond donors (Lipinski definition) is 3. The van der Waals surface area contributed by atoms with E-state index in [1.54, 1.807) is 18.2 Å². The summed E-state index contributed by atoms with van der Waals surface area (Å²) in [5.74, 6) is 1.21. The molecule has 0 aliphatic rings. The second-order valence-corrected chi connectivity index (χ2v) is 5.56. The lowest BCUT2D eigenvalue weighted by molar-refractivity contribution is 0.262. The van der Waals surface area contributed by atoms with E-state index in [9.17, 15) is 9.90 Å². The molecule has 0 bridgehead atoms. The molecule has 0 saturated carbocycles. The van der Waals surface area contributed by atoms with Gasteiger partial charge in [-0.25, -0.2) is 4.79 Å². The summed E-state index contributed by atoms with van der Waals surface area (Å²) in [5, 5.41) is 14.9. The lowest BCUT2D eigenvalue weighted by atomic mass is 10.3. The van der Waals surface area contributed by atoms with Crippen molar-refractivity contribution in [3.8, 4) is 17.2 Å². The minimum atomic E-state index is -0.475. The van der Waals surface area contributed by atoms with Crippen molar-refractivity contribution in [1.29, 1.82) is 0 Å². The molecule has 3 aromatic carbocycles. The zero-order valence-electron chi connectivity index (χ0n) is 13.1. The molecule has 126 valence electrons. The van der Waals surface area contributed by atoms with Gasteiger partial charge in [-0.1, -0.05) is 41.9 Å². The molecule has 0 radical (unpaired) electrons. The molecule has 0 saturated heterocycles. The molecule has 3 N–H and O–H groups in total. The molecule has 6 heteroatoms. The molecule has 2 amide bonds. The smallest absolute Gasteiger partial charge is 0.323 e. The highest BCUT2D eigenvalue weighted by molar-refractivity contribution is 6.34. The van der Waals surface area contributed by atoms with Crippen molar-refractivity contribution in [3.05, 3.63) is 77.8 Å². The maximum absolute atomic E-state index is 12.2. The second kappa shape index (κ2) is 7.59. The molecule has 3 aromatic rings. The van der Waals surface area contributed by atoms with Crippen molar-refractivity contribution < 1.29 is 14.6 Å². The minimum absolute atomic E-state index is 0.0255. The number of halogens is 1. The fraction of sp³-hybridized carbons (Fsp3) is 0. The summed E-state index contributed by atoms with van der Waals surface area (Å²) in [6, 6.07) is 20.2. The minimum Gasteiger partial charge on any atom is -0.508 e. The van der Waals surface area contributed by atoms with Crippen LogP contribution in [0, 0.1) is 0 Å². The second-order valence-electron chi connectivity index (χ2n) is 5.15. The number of para-hydroxylation sites is 3. The number of ether oxygens (including phenoxy) is 1. The molecule has 25 heavy (non-hydrogen) atoms. The number of nitrogens with one attached hydrogen (secondary N) is 2. The quantitative estimate of drug-likeness (QED) is 0.543. The highest BCUT2D eigenvalue weighted by atomic mass is 35.5. The first-order chi connectivity index (χ1) is 12.1. The zero-order chi connectivity index (χ0) is 17.6. The van der Waals surface area contributed by atoms with Crippen LogP contribution in [0.4, 0.5) is 16.2 Å². The summed E-state index contributed by atoms with van der Waals surface area (Å²) in [6.07, 6.45) is 0. The third kappa shape index (κ3) is 4.43. The summed E-state index contributed by atoms with van der Waals surface area (Å²) in [5.41, 5.74) is 0.900. The van der Waals surface area contributed by atoms with Crippen LogP contribution in [0.15, 0.2) is 72.8 Å². The predicted octanol–water partition coefficient (Wildman–Crippen LogP) is 5.48. The lowest BCUT2D eigenvalue weighted by Crippen LogP contribution is -2.19. The van der Waals surface area contributed by atoms with Crippen LogP contribution in [0.25, 0.3) is 0 Å². The summed E-state index contributed by atoms with van der Waals surface area (Å²) in [6.45, 7) is 0. The Hall–Kier alpha value is -3.18. The molecule has 5 nitrogen and oxygen atoms in total. The third-order valence-corrected chi connectivity index (χ3v) is 3.62. The number of phenols is 1. The number of phenolic OH excluding ortho intramolecular Hbond substituents is 1. The Kier molecular flexibility index (Phi) is 5.06. The maximum atomic E-state index is 12.2. The van der Waals surface area contributed by atoms with Gasteiger partial charge in [0, 0.05) is 6.07 Å². The molecule has 0 aliphatic carbocycles. The highest BCUT2D eigenvalue weighted by Gasteiger charge is 2.10. The van der Waals surface area contributed by atoms with E-state index >= 15 is 0 Å². The zero-order valence-corrected chi connectivity index (χ0v) is 13.8. The van der Waals surface area contributed by atoms with E-state index in [-0.39, 0.29) is 10.8 Å². The Morgan fingerprint density at radius 1 is 0.880 bits per heavy atom. The molecule has 0 fully saturated rings. The largest absolute Gasteiger partial charge is 0.508 e. The molecule has 0 heterocycles. The summed E-state index contributed by atoms with van der Waals surface area (Å²) in [4.78, 5) is 12.2. The number of anilines is 2. The van der Waals surface area contributed by atoms with Gasteiger partial charge in [0.25, 0.3) is 0 Å². The normalized spacial score (nSPS) is 10.1. The van der Waals surface area contributed by atoms with Gasteiger partial charge in [0.1, 0.15) is 11.5 Å². The van der Waals surface area contributed by atoms with Gasteiger partial charge in [-0.05, 0) is 36.4 Å². The Bertz CT molecular complexity index is 885. The standard InChI is InChI=1S/C19H15ClN2O3/c20-15-12-13(23)10-11-16(15)21-19(24)22-17-8-4-5-9-18(17)25-14-6-2-1-3-7-14/h1-12,23H,(H2,21,22,24). The molecule has 0 atom stereocenters. The van der Waals surface area contributed by atoms with Crippen molar-refractivity contribution in [3.63, 3.8) is 0 Å². The predicted molar refractivity (Wildman–Crippen MR) is 98.7 cm³/mol. The van der Waals surface area contributed by atoms with Gasteiger partial charge in [-0.3, -0.25) is 0 Å². The third-order valence-electron chi connectivity index (χ3n) is 3.31. The summed E-state index contributed by atoms with van der Waals surface area (Å²) < 4.78 is 5.80. The Morgan fingerprint density at radius 3 is 2.32 bits per heavy atom. The van der Waals surface area contributed by atoms with Gasteiger partial charge in [-0.2, -0.15) is 0 Å². The van der Waals surface area contributed by atoms with Crippen molar-refractivity contribution in [2.24, 2.45) is 0 Å². The SMILES string of the molecule is O=C(Nc1ccc(O)cc1Cl)Nc1ccccc1Oc1ccccc1. The number of hydrogen-bond acceptors (Lipinski definition) is 3. The average Bonchev–Trinajstić information content (AvgIpc) is 2.60. The number of urea groups is 1. The van der Waals surface area contributed by atoms with Crippen molar-refractivity contribution >= 4 is 29.0 Å². The summed E-state index contributed by atoms with van der Waals surface area (Å²) in [7, 11) is 0. The van der Waals surface area contributed by atoms with Gasteiger partial charge >= 0.3 is 6.03 Å². The number of carbonyl (C=O) groups is 1. The van der Waals surface area contributed by atoms with Crippen molar-refractivity contribution in [2.45, 2.75) is 0 Å². The number of amides is 2. The van der Waals surface area contributed by atoms with E-state index < -0.39 is 6.03 Å². The summed E-state index contributed by atoms with van der Waals surface area (Å²) >= 11 is 5.99. The molecule has 0 aliphatic heterocycles. The fourth-order valence-corrected chi connectivity index (χ4v) is 2.38. The van der Waals surface area contributed by atoms with E-state index in [1.165, 1.54) is 18.2 Å². The number of carbonyl (C=O) groups excluding carboxylic acids is 1. The first kappa shape index (κ1) is 16.7. The van der Waals surface area contributed by atoms with Crippen LogP contribution in [0.1, 0.15) is 0 Å². The molecule has 0 aromatic heterocycles. The molecule has 0 spiro atoms. The lowest BCUT2D eigenvalue weighted by Gasteiger charge is -2.13. The topological polar surface area (TPSA) is 70.6 Å². The van der Waals surface area contributed by atoms with Crippen LogP contribution < -0.4 is 15.4 Å². The average molecular weight is 355 g/mol. The highest BCUT2D eigenvalue weighted by Crippen LogP contribution is 2.30. The van der Waals surface area contributed by atoms with Gasteiger partial charge in [0.05, 0.1) is 16.4 Å². The molecule has 3 rings (SSSR count). The van der Waals surface area contributed by atoms with Crippen LogP contribution in [0.2, 0.25) is 5.02 Å². The van der Waals surface area contributed by atoms with E-state index in [0.717, 1.165) is 0 Å². The molecular weight excluding hydrogens is 340 g/mol. The first-order valence-electron chi connectivity index (χ1n) is 7.50. The van der Waals surface area contributed by atoms with E-state index in [1.807, 2.05) is 36.4 Å². The van der Waals surface area contributed by atoms with Gasteiger partial charge in [0.2, 0.25) is 0 Å². The molecular formula is C19H15ClN2O3. The Balaban J connectivity index is 1.73. The fourth-order valence-electron chi connectivity index (χ4n) is 2.16. The monoisotopic (exact) mass is 354 g/mol. The Morgan fingerprint density at radius 2 is 1.56 bits per heavy atom. The van der Waals surface area contributed by atoms with Gasteiger partial charge in [0.15, 0.2) is 5.75 Å². The number of benzene rings is 3. The van der Waals surface area contributed by atoms with Crippen LogP contribution >= 0.6 is 11.6 Å². The number of aromatic hydroxyl groups is 1. The van der Waals surface area contributed by atoms with Gasteiger partial charge in [-0.15, -0.1) is 0 Å². The van der Waals surface area contributed by atoms with Crippen LogP contribution in [-0.4, -0.2) is 11.1 Å². The van der Waals surface area contributed by atoms with E-state index in [0.29, 0.717) is 22.9 Å². The van der Waals surface area contributed by atoms with Crippen molar-refractivity contribution in [2.75, 3.05) is 10.6 Å². The van der Waals surface area contributed by atoms with Crippen LogP contribution in [0.3, 0.4) is 0 Å². The van der Waals surface area contributed by atoms with Crippen LogP contribution in [0.5, 0.6) is 17.2 Å². The molecule has 0 unspecified atom stereocenters. The van der Waals surface area contributed by atoms with E-state index in [2.05, 4.69) is 10.6 Å². The van der Waals surface area contributed by atoms with Gasteiger partial charge < -0.3 is 20.5 Å².